The summed E-state index contributed by atoms with van der Waals surface area (Å²) in [5, 5.41) is -0.382. The zero-order valence-corrected chi connectivity index (χ0v) is 9.74. The molecule has 0 unspecified atom stereocenters. The predicted molar refractivity (Wildman–Crippen MR) is 60.9 cm³/mol. The molecule has 0 heterocycles. The van der Waals surface area contributed by atoms with Crippen molar-refractivity contribution < 1.29 is 13.2 Å². The molecule has 1 aliphatic carbocycles. The Morgan fingerprint density at radius 3 is 2.12 bits per heavy atom. The summed E-state index contributed by atoms with van der Waals surface area (Å²) in [7, 11) is -3.24. The number of benzene rings is 1. The lowest BCUT2D eigenvalue weighted by Gasteiger charge is -2.21. The van der Waals surface area contributed by atoms with Crippen molar-refractivity contribution in [1.29, 1.82) is 0 Å². The van der Waals surface area contributed by atoms with Crippen LogP contribution in [0.25, 0.3) is 0 Å². The largest absolute Gasteiger partial charge is 0.300 e. The molecule has 0 aliphatic heterocycles. The van der Waals surface area contributed by atoms with Gasteiger partial charge in [0.1, 0.15) is 5.78 Å². The lowest BCUT2D eigenvalue weighted by Crippen LogP contribution is -2.27. The maximum Gasteiger partial charge on any atom is 0.181 e. The maximum absolute atomic E-state index is 12.2. The molecule has 1 aliphatic rings. The Morgan fingerprint density at radius 2 is 1.56 bits per heavy atom. The van der Waals surface area contributed by atoms with Crippen molar-refractivity contribution in [3.05, 3.63) is 30.3 Å². The number of hydrogen-bond acceptors (Lipinski definition) is 3. The first-order valence-electron chi connectivity index (χ1n) is 5.41. The molecule has 0 saturated heterocycles. The quantitative estimate of drug-likeness (QED) is 0.791. The molecule has 0 bridgehead atoms. The van der Waals surface area contributed by atoms with E-state index in [1.807, 2.05) is 0 Å². The van der Waals surface area contributed by atoms with E-state index in [1.165, 1.54) is 0 Å². The van der Waals surface area contributed by atoms with Gasteiger partial charge in [0.15, 0.2) is 9.84 Å². The molecule has 4 heteroatoms. The Bertz CT molecular complexity index is 466. The van der Waals surface area contributed by atoms with E-state index in [4.69, 9.17) is 0 Å². The highest BCUT2D eigenvalue weighted by Crippen LogP contribution is 2.26. The van der Waals surface area contributed by atoms with Crippen molar-refractivity contribution in [2.75, 3.05) is 0 Å². The Balaban J connectivity index is 2.23. The molecule has 0 atom stereocenters. The first-order chi connectivity index (χ1) is 7.60. The molecule has 0 radical (unpaired) electrons. The van der Waals surface area contributed by atoms with Crippen molar-refractivity contribution in [3.8, 4) is 0 Å². The van der Waals surface area contributed by atoms with E-state index in [2.05, 4.69) is 0 Å². The summed E-state index contributed by atoms with van der Waals surface area (Å²) in [6.07, 6.45) is 1.74. The van der Waals surface area contributed by atoms with Gasteiger partial charge in [0, 0.05) is 12.8 Å². The zero-order valence-electron chi connectivity index (χ0n) is 8.93. The van der Waals surface area contributed by atoms with Crippen LogP contribution in [-0.2, 0) is 14.6 Å². The number of Topliss-reactive ketones (excluding diaryl/α,β-unsaturated/α-hetero) is 1. The molecule has 1 aromatic rings. The minimum atomic E-state index is -3.24. The summed E-state index contributed by atoms with van der Waals surface area (Å²) in [4.78, 5) is 11.4. The second kappa shape index (κ2) is 4.37. The van der Waals surface area contributed by atoms with E-state index in [0.717, 1.165) is 0 Å². The van der Waals surface area contributed by atoms with Crippen LogP contribution in [0.15, 0.2) is 35.2 Å². The lowest BCUT2D eigenvalue weighted by molar-refractivity contribution is -0.120. The summed E-state index contributed by atoms with van der Waals surface area (Å²) in [6.45, 7) is 0. The molecular formula is C12H14O3S. The van der Waals surface area contributed by atoms with Crippen LogP contribution >= 0.6 is 0 Å². The summed E-state index contributed by atoms with van der Waals surface area (Å²) >= 11 is 0. The van der Waals surface area contributed by atoms with E-state index in [-0.39, 0.29) is 11.0 Å². The number of carbonyl (C=O) groups excluding carboxylic acids is 1. The molecule has 1 saturated carbocycles. The van der Waals surface area contributed by atoms with Gasteiger partial charge in [-0.3, -0.25) is 4.79 Å². The van der Waals surface area contributed by atoms with Gasteiger partial charge in [-0.15, -0.1) is 0 Å². The third-order valence-electron chi connectivity index (χ3n) is 3.00. The van der Waals surface area contributed by atoms with Crippen molar-refractivity contribution in [3.63, 3.8) is 0 Å². The second-order valence-corrected chi connectivity index (χ2v) is 6.32. The average Bonchev–Trinajstić information content (AvgIpc) is 2.31. The van der Waals surface area contributed by atoms with E-state index in [1.54, 1.807) is 30.3 Å². The SMILES string of the molecule is O=C1CCC(S(=O)(=O)c2ccccc2)CC1. The van der Waals surface area contributed by atoms with Gasteiger partial charge in [-0.25, -0.2) is 8.42 Å². The maximum atomic E-state index is 12.2. The van der Waals surface area contributed by atoms with Crippen LogP contribution in [0.2, 0.25) is 0 Å². The molecule has 1 fully saturated rings. The van der Waals surface area contributed by atoms with E-state index < -0.39 is 9.84 Å². The highest BCUT2D eigenvalue weighted by molar-refractivity contribution is 7.92. The van der Waals surface area contributed by atoms with E-state index in [0.29, 0.717) is 30.6 Å². The number of ketones is 1. The van der Waals surface area contributed by atoms with Gasteiger partial charge in [-0.05, 0) is 25.0 Å². The number of carbonyl (C=O) groups is 1. The lowest BCUT2D eigenvalue weighted by atomic mass is 9.99. The molecule has 1 aromatic carbocycles. The third kappa shape index (κ3) is 2.16. The van der Waals surface area contributed by atoms with Crippen LogP contribution < -0.4 is 0 Å². The van der Waals surface area contributed by atoms with Crippen molar-refractivity contribution >= 4 is 15.6 Å². The smallest absolute Gasteiger partial charge is 0.181 e. The standard InChI is InChI=1S/C12H14O3S/c13-10-6-8-12(9-7-10)16(14,15)11-4-2-1-3-5-11/h1-5,12H,6-9H2. The van der Waals surface area contributed by atoms with Gasteiger partial charge in [0.25, 0.3) is 0 Å². The predicted octanol–water partition coefficient (Wildman–Crippen LogP) is 1.97. The molecule has 0 aromatic heterocycles. The molecule has 86 valence electrons. The van der Waals surface area contributed by atoms with Gasteiger partial charge in [-0.1, -0.05) is 18.2 Å². The molecule has 16 heavy (non-hydrogen) atoms. The first-order valence-corrected chi connectivity index (χ1v) is 6.96. The minimum absolute atomic E-state index is 0.180. The third-order valence-corrected chi connectivity index (χ3v) is 5.28. The van der Waals surface area contributed by atoms with Crippen LogP contribution in [0.5, 0.6) is 0 Å². The molecule has 0 spiro atoms. The normalized spacial score (nSPS) is 18.6. The zero-order chi connectivity index (χ0) is 11.6. The van der Waals surface area contributed by atoms with Crippen molar-refractivity contribution in [2.24, 2.45) is 0 Å². The van der Waals surface area contributed by atoms with Gasteiger partial charge in [0.05, 0.1) is 10.1 Å². The van der Waals surface area contributed by atoms with Gasteiger partial charge in [-0.2, -0.15) is 0 Å². The second-order valence-electron chi connectivity index (χ2n) is 4.10. The van der Waals surface area contributed by atoms with Gasteiger partial charge < -0.3 is 0 Å². The average molecular weight is 238 g/mol. The van der Waals surface area contributed by atoms with Crippen LogP contribution in [0.4, 0.5) is 0 Å². The van der Waals surface area contributed by atoms with Gasteiger partial charge >= 0.3 is 0 Å². The van der Waals surface area contributed by atoms with Crippen LogP contribution in [0.3, 0.4) is 0 Å². The fourth-order valence-corrected chi connectivity index (χ4v) is 3.80. The Morgan fingerprint density at radius 1 is 1.00 bits per heavy atom. The Kier molecular flexibility index (Phi) is 3.10. The first kappa shape index (κ1) is 11.3. The van der Waals surface area contributed by atoms with Crippen molar-refractivity contribution in [1.82, 2.24) is 0 Å². The Labute approximate surface area is 95.4 Å². The summed E-state index contributed by atoms with van der Waals surface area (Å²) in [5.74, 6) is 0.180. The molecule has 3 nitrogen and oxygen atoms in total. The van der Waals surface area contributed by atoms with Crippen molar-refractivity contribution in [2.45, 2.75) is 35.8 Å². The van der Waals surface area contributed by atoms with Crippen LogP contribution in [0.1, 0.15) is 25.7 Å². The van der Waals surface area contributed by atoms with Crippen LogP contribution in [0, 0.1) is 0 Å². The minimum Gasteiger partial charge on any atom is -0.300 e. The number of rotatable bonds is 2. The highest BCUT2D eigenvalue weighted by Gasteiger charge is 2.30. The van der Waals surface area contributed by atoms with Gasteiger partial charge in [0.2, 0.25) is 0 Å². The summed E-state index contributed by atoms with van der Waals surface area (Å²) < 4.78 is 24.4. The summed E-state index contributed by atoms with van der Waals surface area (Å²) in [5.41, 5.74) is 0. The van der Waals surface area contributed by atoms with E-state index in [9.17, 15) is 13.2 Å². The molecule has 0 amide bonds. The number of sulfone groups is 1. The molecule has 2 rings (SSSR count). The fourth-order valence-electron chi connectivity index (χ4n) is 2.03. The highest BCUT2D eigenvalue weighted by atomic mass is 32.2. The van der Waals surface area contributed by atoms with Crippen LogP contribution in [-0.4, -0.2) is 19.5 Å². The van der Waals surface area contributed by atoms with E-state index >= 15 is 0 Å². The molecule has 0 N–H and O–H groups in total. The Hall–Kier alpha value is -1.16. The number of hydrogen-bond donors (Lipinski definition) is 0. The fraction of sp³-hybridized carbons (Fsp3) is 0.417. The summed E-state index contributed by atoms with van der Waals surface area (Å²) in [6, 6.07) is 8.47. The monoisotopic (exact) mass is 238 g/mol. The topological polar surface area (TPSA) is 51.2 Å². The molecular weight excluding hydrogens is 224 g/mol.